The molecule has 0 spiro atoms. The van der Waals surface area contributed by atoms with E-state index in [4.69, 9.17) is 9.97 Å². The van der Waals surface area contributed by atoms with Gasteiger partial charge < -0.3 is 4.57 Å². The first-order valence-electron chi connectivity index (χ1n) is 21.4. The molecule has 1 aliphatic carbocycles. The van der Waals surface area contributed by atoms with Crippen molar-refractivity contribution in [3.63, 3.8) is 0 Å². The number of fused-ring (bicyclic) bond motifs is 7. The number of hydrogen-bond donors (Lipinski definition) is 0. The molecule has 11 aromatic rings. The molecule has 0 unspecified atom stereocenters. The Hall–Kier alpha value is -7.88. The van der Waals surface area contributed by atoms with Crippen LogP contribution >= 0.6 is 0 Å². The third kappa shape index (κ3) is 5.66. The van der Waals surface area contributed by atoms with Crippen molar-refractivity contribution in [1.29, 1.82) is 0 Å². The van der Waals surface area contributed by atoms with E-state index < -0.39 is 0 Å². The van der Waals surface area contributed by atoms with Gasteiger partial charge in [-0.05, 0) is 92.0 Å². The van der Waals surface area contributed by atoms with E-state index >= 15 is 0 Å². The van der Waals surface area contributed by atoms with Gasteiger partial charge >= 0.3 is 0 Å². The van der Waals surface area contributed by atoms with Crippen LogP contribution in [0.15, 0.2) is 212 Å². The van der Waals surface area contributed by atoms with E-state index in [0.29, 0.717) is 5.82 Å². The van der Waals surface area contributed by atoms with Crippen LogP contribution in [0.25, 0.3) is 106 Å². The Bertz CT molecular complexity index is 3510. The van der Waals surface area contributed by atoms with Gasteiger partial charge in [0.05, 0.1) is 22.2 Å². The molecule has 2 heterocycles. The molecule has 3 heteroatoms. The van der Waals surface area contributed by atoms with Gasteiger partial charge in [0.1, 0.15) is 0 Å². The van der Waals surface area contributed by atoms with E-state index in [1.807, 2.05) is 0 Å². The lowest BCUT2D eigenvalue weighted by atomic mass is 9.82. The van der Waals surface area contributed by atoms with Crippen LogP contribution in [0, 0.1) is 0 Å². The lowest BCUT2D eigenvalue weighted by Crippen LogP contribution is -2.14. The van der Waals surface area contributed by atoms with Crippen molar-refractivity contribution < 1.29 is 0 Å². The normalized spacial score (nSPS) is 12.8. The van der Waals surface area contributed by atoms with Crippen molar-refractivity contribution in [2.45, 2.75) is 19.3 Å². The molecule has 0 saturated heterocycles. The third-order valence-electron chi connectivity index (χ3n) is 13.0. The fraction of sp³-hybridized carbons (Fsp3) is 0.0508. The molecule has 0 saturated carbocycles. The van der Waals surface area contributed by atoms with Crippen LogP contribution in [0.3, 0.4) is 0 Å². The van der Waals surface area contributed by atoms with Crippen molar-refractivity contribution in [1.82, 2.24) is 14.5 Å². The summed E-state index contributed by atoms with van der Waals surface area (Å²) in [5, 5.41) is 3.51. The van der Waals surface area contributed by atoms with E-state index in [9.17, 15) is 0 Å². The smallest absolute Gasteiger partial charge is 0.160 e. The van der Waals surface area contributed by atoms with Gasteiger partial charge in [-0.2, -0.15) is 0 Å². The molecule has 292 valence electrons. The fourth-order valence-corrected chi connectivity index (χ4v) is 10.0. The largest absolute Gasteiger partial charge is 0.309 e. The van der Waals surface area contributed by atoms with Crippen molar-refractivity contribution in [3.05, 3.63) is 223 Å². The van der Waals surface area contributed by atoms with Gasteiger partial charge in [0.25, 0.3) is 0 Å². The van der Waals surface area contributed by atoms with Gasteiger partial charge in [-0.1, -0.05) is 190 Å². The van der Waals surface area contributed by atoms with Crippen molar-refractivity contribution in [2.24, 2.45) is 0 Å². The summed E-state index contributed by atoms with van der Waals surface area (Å²) in [4.78, 5) is 10.7. The van der Waals surface area contributed by atoms with Crippen LogP contribution in [0.1, 0.15) is 25.0 Å². The maximum Gasteiger partial charge on any atom is 0.160 e. The lowest BCUT2D eigenvalue weighted by molar-refractivity contribution is 0.660. The highest BCUT2D eigenvalue weighted by Gasteiger charge is 2.36. The molecule has 62 heavy (non-hydrogen) atoms. The number of aromatic nitrogens is 3. The summed E-state index contributed by atoms with van der Waals surface area (Å²) >= 11 is 0. The van der Waals surface area contributed by atoms with E-state index in [1.54, 1.807) is 0 Å². The van der Waals surface area contributed by atoms with Crippen LogP contribution in [0.5, 0.6) is 0 Å². The molecule has 0 N–H and O–H groups in total. The standard InChI is InChI=1S/C59H41N3/c1-59(2)50-23-11-9-19-47(50)55-46(21-13-24-51(55)59)43-35-36-52-49(37-43)57(61-58(60-52)42-33-27-39(28-34-42)38-15-5-3-6-16-38)41-31-29-40(30-32-41)45-22-14-26-54-56(45)48-20-10-12-25-53(48)62(54)44-17-7-4-8-18-44/h3-37H,1-2H3. The average molecular weight is 792 g/mol. The van der Waals surface area contributed by atoms with Gasteiger partial charge in [-0.25, -0.2) is 9.97 Å². The molecule has 0 amide bonds. The van der Waals surface area contributed by atoms with E-state index in [0.717, 1.165) is 50.1 Å². The first-order chi connectivity index (χ1) is 30.5. The van der Waals surface area contributed by atoms with Gasteiger partial charge in [-0.15, -0.1) is 0 Å². The first-order valence-corrected chi connectivity index (χ1v) is 21.4. The van der Waals surface area contributed by atoms with Gasteiger partial charge in [0, 0.05) is 38.4 Å². The number of para-hydroxylation sites is 2. The van der Waals surface area contributed by atoms with Crippen LogP contribution in [0.2, 0.25) is 0 Å². The molecular weight excluding hydrogens is 751 g/mol. The van der Waals surface area contributed by atoms with Gasteiger partial charge in [0.2, 0.25) is 0 Å². The van der Waals surface area contributed by atoms with Crippen molar-refractivity contribution in [3.8, 4) is 72.8 Å². The minimum Gasteiger partial charge on any atom is -0.309 e. The molecular formula is C59H41N3. The Kier molecular flexibility index (Phi) is 8.20. The molecule has 12 rings (SSSR count). The highest BCUT2D eigenvalue weighted by Crippen LogP contribution is 2.52. The van der Waals surface area contributed by atoms with Crippen LogP contribution < -0.4 is 0 Å². The van der Waals surface area contributed by atoms with Crippen LogP contribution in [-0.2, 0) is 5.41 Å². The Labute approximate surface area is 361 Å². The van der Waals surface area contributed by atoms with Gasteiger partial charge in [-0.3, -0.25) is 0 Å². The summed E-state index contributed by atoms with van der Waals surface area (Å²) in [6, 6.07) is 76.5. The second kappa shape index (κ2) is 14.1. The highest BCUT2D eigenvalue weighted by atomic mass is 15.0. The number of hydrogen-bond acceptors (Lipinski definition) is 2. The van der Waals surface area contributed by atoms with E-state index in [2.05, 4.69) is 231 Å². The minimum absolute atomic E-state index is 0.0828. The Morgan fingerprint density at radius 1 is 0.387 bits per heavy atom. The monoisotopic (exact) mass is 791 g/mol. The fourth-order valence-electron chi connectivity index (χ4n) is 10.0. The highest BCUT2D eigenvalue weighted by molar-refractivity contribution is 6.16. The van der Waals surface area contributed by atoms with E-state index in [1.165, 1.54) is 60.8 Å². The number of benzene rings is 9. The summed E-state index contributed by atoms with van der Waals surface area (Å²) in [6.07, 6.45) is 0. The summed E-state index contributed by atoms with van der Waals surface area (Å²) in [7, 11) is 0. The molecule has 0 aliphatic heterocycles. The topological polar surface area (TPSA) is 30.7 Å². The molecule has 9 aromatic carbocycles. The summed E-state index contributed by atoms with van der Waals surface area (Å²) < 4.78 is 2.38. The first kappa shape index (κ1) is 36.0. The molecule has 0 atom stereocenters. The zero-order valence-corrected chi connectivity index (χ0v) is 34.5. The Morgan fingerprint density at radius 3 is 1.79 bits per heavy atom. The summed E-state index contributed by atoms with van der Waals surface area (Å²) in [5.74, 6) is 0.707. The third-order valence-corrected chi connectivity index (χ3v) is 13.0. The lowest BCUT2D eigenvalue weighted by Gasteiger charge is -2.21. The maximum absolute atomic E-state index is 5.43. The Balaban J connectivity index is 1.02. The average Bonchev–Trinajstić information content (AvgIpc) is 3.80. The molecule has 1 aliphatic rings. The molecule has 0 bridgehead atoms. The summed E-state index contributed by atoms with van der Waals surface area (Å²) in [5.41, 5.74) is 19.8. The number of rotatable bonds is 6. The zero-order chi connectivity index (χ0) is 41.4. The number of nitrogens with zero attached hydrogens (tertiary/aromatic N) is 3. The van der Waals surface area contributed by atoms with Crippen LogP contribution in [-0.4, -0.2) is 14.5 Å². The molecule has 2 aromatic heterocycles. The van der Waals surface area contributed by atoms with E-state index in [-0.39, 0.29) is 5.41 Å². The predicted octanol–water partition coefficient (Wildman–Crippen LogP) is 15.4. The predicted molar refractivity (Wildman–Crippen MR) is 259 cm³/mol. The SMILES string of the molecule is CC1(C)c2ccccc2-c2c(-c3ccc4nc(-c5ccc(-c6ccccc6)cc5)nc(-c5ccc(-c6cccc7c6c6ccccc6n7-c6ccccc6)cc5)c4c3)cccc21. The Morgan fingerprint density at radius 2 is 0.968 bits per heavy atom. The van der Waals surface area contributed by atoms with Crippen molar-refractivity contribution >= 4 is 32.7 Å². The molecule has 3 nitrogen and oxygen atoms in total. The van der Waals surface area contributed by atoms with Gasteiger partial charge in [0.15, 0.2) is 5.82 Å². The zero-order valence-electron chi connectivity index (χ0n) is 34.5. The van der Waals surface area contributed by atoms with Crippen molar-refractivity contribution in [2.75, 3.05) is 0 Å². The van der Waals surface area contributed by atoms with Crippen LogP contribution in [0.4, 0.5) is 0 Å². The summed E-state index contributed by atoms with van der Waals surface area (Å²) in [6.45, 7) is 4.68. The maximum atomic E-state index is 5.43. The minimum atomic E-state index is -0.0828. The molecule has 0 radical (unpaired) electrons. The quantitative estimate of drug-likeness (QED) is 0.168. The second-order valence-electron chi connectivity index (χ2n) is 16.9. The molecule has 0 fully saturated rings. The second-order valence-corrected chi connectivity index (χ2v) is 16.9.